The summed E-state index contributed by atoms with van der Waals surface area (Å²) in [5, 5.41) is 0.938. The monoisotopic (exact) mass is 403 g/mol. The van der Waals surface area contributed by atoms with E-state index >= 15 is 0 Å². The number of para-hydroxylation sites is 1. The fourth-order valence-electron chi connectivity index (χ4n) is 3.54. The topological polar surface area (TPSA) is 39.2 Å². The summed E-state index contributed by atoms with van der Waals surface area (Å²) in [4.78, 5) is 17.2. The molecule has 0 N–H and O–H groups in total. The Bertz CT molecular complexity index is 1220. The van der Waals surface area contributed by atoms with Gasteiger partial charge in [-0.25, -0.2) is 8.78 Å². The fourth-order valence-corrected chi connectivity index (χ4v) is 3.54. The number of rotatable bonds is 5. The second-order valence-corrected chi connectivity index (χ2v) is 6.98. The molecule has 0 aliphatic heterocycles. The Balaban J connectivity index is 1.67. The molecule has 0 bridgehead atoms. The van der Waals surface area contributed by atoms with Crippen molar-refractivity contribution in [1.29, 1.82) is 0 Å². The second-order valence-electron chi connectivity index (χ2n) is 6.98. The van der Waals surface area contributed by atoms with Gasteiger partial charge in [0, 0.05) is 16.6 Å². The summed E-state index contributed by atoms with van der Waals surface area (Å²) in [7, 11) is 0. The van der Waals surface area contributed by atoms with Crippen LogP contribution in [-0.4, -0.2) is 11.0 Å². The molecule has 0 amide bonds. The van der Waals surface area contributed by atoms with E-state index in [1.54, 1.807) is 0 Å². The molecule has 3 nitrogen and oxygen atoms in total. The van der Waals surface area contributed by atoms with Gasteiger partial charge in [0.2, 0.25) is 0 Å². The summed E-state index contributed by atoms with van der Waals surface area (Å²) >= 11 is 0. The number of benzene rings is 3. The highest BCUT2D eigenvalue weighted by Crippen LogP contribution is 2.33. The van der Waals surface area contributed by atoms with E-state index in [1.165, 1.54) is 12.1 Å². The van der Waals surface area contributed by atoms with E-state index in [9.17, 15) is 13.6 Å². The van der Waals surface area contributed by atoms with Crippen molar-refractivity contribution in [3.63, 3.8) is 0 Å². The summed E-state index contributed by atoms with van der Waals surface area (Å²) in [6.07, 6.45) is -0.0230. The highest BCUT2D eigenvalue weighted by molar-refractivity contribution is 5.97. The van der Waals surface area contributed by atoms with Crippen LogP contribution in [0.2, 0.25) is 0 Å². The molecular formula is C25H19F2NO2. The van der Waals surface area contributed by atoms with Crippen molar-refractivity contribution < 1.29 is 18.3 Å². The number of esters is 1. The van der Waals surface area contributed by atoms with Crippen LogP contribution in [0.1, 0.15) is 16.8 Å². The molecule has 150 valence electrons. The van der Waals surface area contributed by atoms with Crippen molar-refractivity contribution in [3.05, 3.63) is 101 Å². The third-order valence-corrected chi connectivity index (χ3v) is 5.00. The normalized spacial score (nSPS) is 10.9. The van der Waals surface area contributed by atoms with E-state index in [0.717, 1.165) is 39.4 Å². The molecule has 0 unspecified atom stereocenters. The lowest BCUT2D eigenvalue weighted by Crippen LogP contribution is -2.12. The average Bonchev–Trinajstić information content (AvgIpc) is 2.76. The Kier molecular flexibility index (Phi) is 5.53. The zero-order valence-electron chi connectivity index (χ0n) is 16.4. The molecule has 0 spiro atoms. The molecule has 0 saturated heterocycles. The van der Waals surface area contributed by atoms with Crippen LogP contribution in [0.15, 0.2) is 72.8 Å². The highest BCUT2D eigenvalue weighted by atomic mass is 19.2. The van der Waals surface area contributed by atoms with Crippen LogP contribution in [0, 0.1) is 18.6 Å². The molecule has 0 saturated carbocycles. The van der Waals surface area contributed by atoms with E-state index in [1.807, 2.05) is 61.5 Å². The van der Waals surface area contributed by atoms with Crippen molar-refractivity contribution in [2.75, 3.05) is 0 Å². The van der Waals surface area contributed by atoms with Crippen LogP contribution in [0.5, 0.6) is 0 Å². The van der Waals surface area contributed by atoms with Crippen molar-refractivity contribution in [3.8, 4) is 11.1 Å². The Labute approximate surface area is 173 Å². The summed E-state index contributed by atoms with van der Waals surface area (Å²) in [5.74, 6) is -2.50. The van der Waals surface area contributed by atoms with Gasteiger partial charge in [-0.05, 0) is 35.7 Å². The molecule has 0 atom stereocenters. The summed E-state index contributed by atoms with van der Waals surface area (Å²) < 4.78 is 32.4. The molecular weight excluding hydrogens is 384 g/mol. The lowest BCUT2D eigenvalue weighted by Gasteiger charge is -2.16. The van der Waals surface area contributed by atoms with Gasteiger partial charge in [-0.1, -0.05) is 60.7 Å². The van der Waals surface area contributed by atoms with Gasteiger partial charge in [-0.15, -0.1) is 0 Å². The first kappa shape index (κ1) is 19.7. The zero-order valence-corrected chi connectivity index (χ0v) is 16.4. The summed E-state index contributed by atoms with van der Waals surface area (Å²) in [5.41, 5.74) is 4.21. The first-order chi connectivity index (χ1) is 14.5. The van der Waals surface area contributed by atoms with Crippen molar-refractivity contribution in [1.82, 2.24) is 4.98 Å². The standard InChI is InChI=1S/C25H19F2NO2/c1-16-20(14-23(29)30-15-18-10-7-12-21(26)25(18)27)24(17-8-3-2-4-9-17)19-11-5-6-13-22(19)28-16/h2-13H,14-15H2,1H3. The molecule has 4 aromatic rings. The minimum atomic E-state index is -1.00. The minimum absolute atomic E-state index is 0.00000810. The van der Waals surface area contributed by atoms with Crippen LogP contribution in [-0.2, 0) is 22.6 Å². The van der Waals surface area contributed by atoms with Crippen molar-refractivity contribution in [2.45, 2.75) is 20.0 Å². The first-order valence-electron chi connectivity index (χ1n) is 9.56. The number of fused-ring (bicyclic) bond motifs is 1. The molecule has 3 aromatic carbocycles. The smallest absolute Gasteiger partial charge is 0.310 e. The lowest BCUT2D eigenvalue weighted by atomic mass is 9.93. The number of pyridine rings is 1. The van der Waals surface area contributed by atoms with Crippen molar-refractivity contribution >= 4 is 16.9 Å². The number of carbonyl (C=O) groups excluding carboxylic acids is 1. The van der Waals surface area contributed by atoms with E-state index in [4.69, 9.17) is 4.74 Å². The predicted octanol–water partition coefficient (Wildman–Crippen LogP) is 5.77. The quantitative estimate of drug-likeness (QED) is 0.397. The Hall–Kier alpha value is -3.60. The Morgan fingerprint density at radius 2 is 1.67 bits per heavy atom. The number of hydrogen-bond donors (Lipinski definition) is 0. The number of carbonyl (C=O) groups is 1. The number of hydrogen-bond acceptors (Lipinski definition) is 3. The van der Waals surface area contributed by atoms with Crippen LogP contribution in [0.4, 0.5) is 8.78 Å². The van der Waals surface area contributed by atoms with Crippen molar-refractivity contribution in [2.24, 2.45) is 0 Å². The molecule has 4 rings (SSSR count). The van der Waals surface area contributed by atoms with Crippen LogP contribution < -0.4 is 0 Å². The van der Waals surface area contributed by atoms with Gasteiger partial charge in [0.05, 0.1) is 11.9 Å². The number of aryl methyl sites for hydroxylation is 1. The zero-order chi connectivity index (χ0) is 21.1. The maximum Gasteiger partial charge on any atom is 0.310 e. The summed E-state index contributed by atoms with van der Waals surface area (Å²) in [6.45, 7) is 1.52. The molecule has 0 aliphatic carbocycles. The van der Waals surface area contributed by atoms with E-state index < -0.39 is 17.6 Å². The largest absolute Gasteiger partial charge is 0.460 e. The molecule has 0 aliphatic rings. The molecule has 1 aromatic heterocycles. The summed E-state index contributed by atoms with van der Waals surface area (Å²) in [6, 6.07) is 21.3. The maximum absolute atomic E-state index is 13.8. The molecule has 30 heavy (non-hydrogen) atoms. The lowest BCUT2D eigenvalue weighted by molar-refractivity contribution is -0.144. The van der Waals surface area contributed by atoms with Crippen LogP contribution >= 0.6 is 0 Å². The third-order valence-electron chi connectivity index (χ3n) is 5.00. The third kappa shape index (κ3) is 3.92. The van der Waals surface area contributed by atoms with E-state index in [0.29, 0.717) is 0 Å². The molecule has 1 heterocycles. The predicted molar refractivity (Wildman–Crippen MR) is 112 cm³/mol. The average molecular weight is 403 g/mol. The van der Waals surface area contributed by atoms with E-state index in [2.05, 4.69) is 4.98 Å². The number of halogens is 2. The SMILES string of the molecule is Cc1nc2ccccc2c(-c2ccccc2)c1CC(=O)OCc1cccc(F)c1F. The van der Waals surface area contributed by atoms with Gasteiger partial charge in [0.25, 0.3) is 0 Å². The first-order valence-corrected chi connectivity index (χ1v) is 9.56. The van der Waals surface area contributed by atoms with Crippen LogP contribution in [0.3, 0.4) is 0 Å². The number of aromatic nitrogens is 1. The minimum Gasteiger partial charge on any atom is -0.460 e. The Morgan fingerprint density at radius 1 is 0.933 bits per heavy atom. The van der Waals surface area contributed by atoms with E-state index in [-0.39, 0.29) is 18.6 Å². The molecule has 5 heteroatoms. The van der Waals surface area contributed by atoms with Gasteiger partial charge in [0.1, 0.15) is 6.61 Å². The van der Waals surface area contributed by atoms with Gasteiger partial charge >= 0.3 is 5.97 Å². The van der Waals surface area contributed by atoms with Gasteiger partial charge < -0.3 is 4.74 Å². The fraction of sp³-hybridized carbons (Fsp3) is 0.120. The molecule has 0 radical (unpaired) electrons. The highest BCUT2D eigenvalue weighted by Gasteiger charge is 2.18. The van der Waals surface area contributed by atoms with Gasteiger partial charge in [-0.2, -0.15) is 0 Å². The number of ether oxygens (including phenoxy) is 1. The maximum atomic E-state index is 13.8. The Morgan fingerprint density at radius 3 is 2.47 bits per heavy atom. The molecule has 0 fully saturated rings. The van der Waals surface area contributed by atoms with Gasteiger partial charge in [0.15, 0.2) is 11.6 Å². The second kappa shape index (κ2) is 8.41. The van der Waals surface area contributed by atoms with Gasteiger partial charge in [-0.3, -0.25) is 9.78 Å². The number of nitrogens with zero attached hydrogens (tertiary/aromatic N) is 1. The van der Waals surface area contributed by atoms with Crippen LogP contribution in [0.25, 0.3) is 22.0 Å².